The van der Waals surface area contributed by atoms with Gasteiger partial charge in [-0.25, -0.2) is 15.0 Å². The van der Waals surface area contributed by atoms with Gasteiger partial charge in [-0.05, 0) is 37.0 Å². The van der Waals surface area contributed by atoms with Crippen molar-refractivity contribution < 1.29 is 4.74 Å². The van der Waals surface area contributed by atoms with Crippen molar-refractivity contribution in [3.05, 3.63) is 66.5 Å². The molecule has 0 amide bonds. The maximum atomic E-state index is 6.01. The highest BCUT2D eigenvalue weighted by Gasteiger charge is 2.21. The third kappa shape index (κ3) is 4.08. The van der Waals surface area contributed by atoms with Crippen molar-refractivity contribution in [3.8, 4) is 11.7 Å². The Labute approximate surface area is 153 Å². The predicted molar refractivity (Wildman–Crippen MR) is 99.3 cm³/mol. The van der Waals surface area contributed by atoms with Crippen LogP contribution in [0.25, 0.3) is 5.82 Å². The lowest BCUT2D eigenvalue weighted by Gasteiger charge is -2.31. The van der Waals surface area contributed by atoms with Crippen LogP contribution in [0.1, 0.15) is 24.0 Å². The van der Waals surface area contributed by atoms with Crippen molar-refractivity contribution in [3.63, 3.8) is 0 Å². The molecule has 0 radical (unpaired) electrons. The first kappa shape index (κ1) is 16.7. The molecule has 0 N–H and O–H groups in total. The van der Waals surface area contributed by atoms with Crippen LogP contribution in [-0.4, -0.2) is 43.6 Å². The van der Waals surface area contributed by atoms with E-state index < -0.39 is 0 Å². The fraction of sp³-hybridized carbons (Fsp3) is 0.350. The lowest BCUT2D eigenvalue weighted by molar-refractivity contribution is 0.0931. The quantitative estimate of drug-likeness (QED) is 0.709. The summed E-state index contributed by atoms with van der Waals surface area (Å²) in [4.78, 5) is 15.4. The van der Waals surface area contributed by atoms with Crippen LogP contribution >= 0.6 is 0 Å². The highest BCUT2D eigenvalue weighted by Crippen LogP contribution is 2.19. The molecule has 0 atom stereocenters. The molecular formula is C20H23N5O. The standard InChI is InChI=1S/C20H23N5O/c1-16-2-5-20(23-12-16)26-18-6-9-24(10-7-18)14-17-3-4-19(22-13-17)25-11-8-21-15-25/h2-5,8,11-13,15,18H,6-7,9-10,14H2,1H3. The van der Waals surface area contributed by atoms with Gasteiger partial charge in [-0.15, -0.1) is 0 Å². The number of hydrogen-bond donors (Lipinski definition) is 0. The van der Waals surface area contributed by atoms with Crippen molar-refractivity contribution in [2.75, 3.05) is 13.1 Å². The number of piperidine rings is 1. The van der Waals surface area contributed by atoms with E-state index in [4.69, 9.17) is 4.74 Å². The van der Waals surface area contributed by atoms with Gasteiger partial charge in [-0.2, -0.15) is 0 Å². The summed E-state index contributed by atoms with van der Waals surface area (Å²) < 4.78 is 7.92. The minimum Gasteiger partial charge on any atom is -0.474 e. The second kappa shape index (κ2) is 7.66. The Morgan fingerprint density at radius 1 is 1.08 bits per heavy atom. The van der Waals surface area contributed by atoms with E-state index in [1.807, 2.05) is 48.3 Å². The maximum Gasteiger partial charge on any atom is 0.213 e. The molecule has 0 spiro atoms. The van der Waals surface area contributed by atoms with Gasteiger partial charge in [-0.1, -0.05) is 12.1 Å². The van der Waals surface area contributed by atoms with Crippen LogP contribution in [0.15, 0.2) is 55.4 Å². The van der Waals surface area contributed by atoms with Gasteiger partial charge in [-0.3, -0.25) is 9.47 Å². The fourth-order valence-electron chi connectivity index (χ4n) is 3.20. The number of pyridine rings is 2. The van der Waals surface area contributed by atoms with Gasteiger partial charge in [0.1, 0.15) is 18.2 Å². The smallest absolute Gasteiger partial charge is 0.213 e. The lowest BCUT2D eigenvalue weighted by atomic mass is 10.1. The van der Waals surface area contributed by atoms with E-state index in [0.29, 0.717) is 0 Å². The van der Waals surface area contributed by atoms with Gasteiger partial charge >= 0.3 is 0 Å². The van der Waals surface area contributed by atoms with E-state index >= 15 is 0 Å². The molecule has 0 saturated carbocycles. The minimum absolute atomic E-state index is 0.253. The SMILES string of the molecule is Cc1ccc(OC2CCN(Cc3ccc(-n4ccnc4)nc3)CC2)nc1. The molecule has 1 fully saturated rings. The van der Waals surface area contributed by atoms with Gasteiger partial charge in [0.15, 0.2) is 0 Å². The number of likely N-dealkylation sites (tertiary alicyclic amines) is 1. The van der Waals surface area contributed by atoms with Crippen molar-refractivity contribution in [2.24, 2.45) is 0 Å². The molecular weight excluding hydrogens is 326 g/mol. The first-order valence-corrected chi connectivity index (χ1v) is 9.01. The van der Waals surface area contributed by atoms with Crippen LogP contribution in [0, 0.1) is 6.92 Å². The first-order chi connectivity index (χ1) is 12.8. The second-order valence-electron chi connectivity index (χ2n) is 6.76. The molecule has 0 bridgehead atoms. The number of imidazole rings is 1. The fourth-order valence-corrected chi connectivity index (χ4v) is 3.20. The zero-order valence-corrected chi connectivity index (χ0v) is 15.0. The average Bonchev–Trinajstić information content (AvgIpc) is 3.21. The molecule has 4 heterocycles. The molecule has 1 saturated heterocycles. The zero-order chi connectivity index (χ0) is 17.8. The van der Waals surface area contributed by atoms with Gasteiger partial charge < -0.3 is 4.74 Å². The Hall–Kier alpha value is -2.73. The van der Waals surface area contributed by atoms with Gasteiger partial charge in [0.05, 0.1) is 0 Å². The zero-order valence-electron chi connectivity index (χ0n) is 15.0. The number of hydrogen-bond acceptors (Lipinski definition) is 5. The summed E-state index contributed by atoms with van der Waals surface area (Å²) in [6, 6.07) is 8.17. The topological polar surface area (TPSA) is 56.1 Å². The monoisotopic (exact) mass is 349 g/mol. The Morgan fingerprint density at radius 3 is 2.62 bits per heavy atom. The molecule has 3 aromatic rings. The summed E-state index contributed by atoms with van der Waals surface area (Å²) >= 11 is 0. The van der Waals surface area contributed by atoms with Crippen LogP contribution in [0.4, 0.5) is 0 Å². The number of ether oxygens (including phenoxy) is 1. The maximum absolute atomic E-state index is 6.01. The van der Waals surface area contributed by atoms with Gasteiger partial charge in [0.25, 0.3) is 0 Å². The Bertz CT molecular complexity index is 806. The van der Waals surface area contributed by atoms with Crippen molar-refractivity contribution in [1.82, 2.24) is 24.4 Å². The lowest BCUT2D eigenvalue weighted by Crippen LogP contribution is -2.37. The average molecular weight is 349 g/mol. The number of aromatic nitrogens is 4. The third-order valence-corrected chi connectivity index (χ3v) is 4.69. The molecule has 0 aliphatic carbocycles. The first-order valence-electron chi connectivity index (χ1n) is 9.01. The highest BCUT2D eigenvalue weighted by atomic mass is 16.5. The predicted octanol–water partition coefficient (Wildman–Crippen LogP) is 3.01. The molecule has 6 nitrogen and oxygen atoms in total. The largest absolute Gasteiger partial charge is 0.474 e. The van der Waals surface area contributed by atoms with Crippen LogP contribution in [-0.2, 0) is 6.54 Å². The summed E-state index contributed by atoms with van der Waals surface area (Å²) in [6.07, 6.45) is 11.5. The number of nitrogens with zero attached hydrogens (tertiary/aromatic N) is 5. The Morgan fingerprint density at radius 2 is 1.96 bits per heavy atom. The minimum atomic E-state index is 0.253. The third-order valence-electron chi connectivity index (χ3n) is 4.69. The van der Waals surface area contributed by atoms with Crippen molar-refractivity contribution >= 4 is 0 Å². The molecule has 134 valence electrons. The van der Waals surface area contributed by atoms with Crippen molar-refractivity contribution in [2.45, 2.75) is 32.4 Å². The molecule has 1 aliphatic rings. The molecule has 0 unspecified atom stereocenters. The van der Waals surface area contributed by atoms with Crippen LogP contribution < -0.4 is 4.74 Å². The van der Waals surface area contributed by atoms with Gasteiger partial charge in [0.2, 0.25) is 5.88 Å². The summed E-state index contributed by atoms with van der Waals surface area (Å²) in [7, 11) is 0. The molecule has 0 aromatic carbocycles. The van der Waals surface area contributed by atoms with E-state index in [1.165, 1.54) is 5.56 Å². The van der Waals surface area contributed by atoms with E-state index in [-0.39, 0.29) is 6.10 Å². The molecule has 3 aromatic heterocycles. The molecule has 26 heavy (non-hydrogen) atoms. The van der Waals surface area contributed by atoms with Crippen LogP contribution in [0.5, 0.6) is 5.88 Å². The molecule has 1 aliphatic heterocycles. The Kier molecular flexibility index (Phi) is 4.93. The normalized spacial score (nSPS) is 15.9. The van der Waals surface area contributed by atoms with Crippen molar-refractivity contribution in [1.29, 1.82) is 0 Å². The number of aryl methyl sites for hydroxylation is 1. The highest BCUT2D eigenvalue weighted by molar-refractivity contribution is 5.25. The number of rotatable bonds is 5. The van der Waals surface area contributed by atoms with E-state index in [0.717, 1.165) is 49.7 Å². The summed E-state index contributed by atoms with van der Waals surface area (Å²) in [5, 5.41) is 0. The Balaban J connectivity index is 1.27. The molecule has 4 rings (SSSR count). The van der Waals surface area contributed by atoms with Gasteiger partial charge in [0, 0.05) is 50.5 Å². The summed E-state index contributed by atoms with van der Waals surface area (Å²) in [5.74, 6) is 1.62. The summed E-state index contributed by atoms with van der Waals surface area (Å²) in [6.45, 7) is 5.01. The summed E-state index contributed by atoms with van der Waals surface area (Å²) in [5.41, 5.74) is 2.38. The van der Waals surface area contributed by atoms with E-state index in [2.05, 4.69) is 25.9 Å². The van der Waals surface area contributed by atoms with Crippen LogP contribution in [0.2, 0.25) is 0 Å². The van der Waals surface area contributed by atoms with E-state index in [1.54, 1.807) is 12.5 Å². The molecule has 6 heteroatoms. The second-order valence-corrected chi connectivity index (χ2v) is 6.76. The van der Waals surface area contributed by atoms with Crippen LogP contribution in [0.3, 0.4) is 0 Å². The van der Waals surface area contributed by atoms with E-state index in [9.17, 15) is 0 Å².